The molecule has 1 aromatic carbocycles. The van der Waals surface area contributed by atoms with Crippen LogP contribution in [0.5, 0.6) is 11.5 Å². The molecule has 0 unspecified atom stereocenters. The first kappa shape index (κ1) is 16.1. The molecular weight excluding hydrogens is 300 g/mol. The number of ether oxygens (including phenoxy) is 2. The van der Waals surface area contributed by atoms with Crippen molar-refractivity contribution < 1.29 is 9.47 Å². The van der Waals surface area contributed by atoms with Crippen LogP contribution in [0.25, 0.3) is 0 Å². The summed E-state index contributed by atoms with van der Waals surface area (Å²) < 4.78 is 10.5. The van der Waals surface area contributed by atoms with Crippen LogP contribution in [-0.2, 0) is 6.54 Å². The highest BCUT2D eigenvalue weighted by Crippen LogP contribution is 2.29. The minimum atomic E-state index is 0.630. The van der Waals surface area contributed by atoms with E-state index in [1.165, 1.54) is 4.88 Å². The van der Waals surface area contributed by atoms with Crippen molar-refractivity contribution in [1.29, 1.82) is 0 Å². The van der Waals surface area contributed by atoms with Crippen molar-refractivity contribution in [2.75, 3.05) is 26.6 Å². The fourth-order valence-corrected chi connectivity index (χ4v) is 2.60. The molecule has 2 rings (SSSR count). The van der Waals surface area contributed by atoms with E-state index < -0.39 is 0 Å². The highest BCUT2D eigenvalue weighted by atomic mass is 32.1. The average molecular weight is 320 g/mol. The monoisotopic (exact) mass is 320 g/mol. The van der Waals surface area contributed by atoms with E-state index >= 15 is 0 Å². The van der Waals surface area contributed by atoms with Gasteiger partial charge in [0.1, 0.15) is 5.01 Å². The molecule has 0 spiro atoms. The number of benzene rings is 1. The third-order valence-corrected chi connectivity index (χ3v) is 3.86. The van der Waals surface area contributed by atoms with E-state index in [1.54, 1.807) is 32.6 Å². The van der Waals surface area contributed by atoms with Crippen molar-refractivity contribution in [2.24, 2.45) is 4.99 Å². The topological polar surface area (TPSA) is 67.8 Å². The molecule has 2 aromatic rings. The summed E-state index contributed by atoms with van der Waals surface area (Å²) in [5.74, 6) is 2.02. The van der Waals surface area contributed by atoms with E-state index in [2.05, 4.69) is 20.6 Å². The van der Waals surface area contributed by atoms with Crippen molar-refractivity contribution in [3.8, 4) is 11.5 Å². The molecule has 6 nitrogen and oxygen atoms in total. The first-order valence-corrected chi connectivity index (χ1v) is 7.59. The number of aromatic nitrogens is 1. The van der Waals surface area contributed by atoms with Crippen molar-refractivity contribution in [2.45, 2.75) is 13.5 Å². The molecule has 2 N–H and O–H groups in total. The number of aryl methyl sites for hydroxylation is 1. The van der Waals surface area contributed by atoms with E-state index in [9.17, 15) is 0 Å². The Bertz CT molecular complexity index is 655. The molecule has 1 heterocycles. The quantitative estimate of drug-likeness (QED) is 0.655. The molecule has 0 radical (unpaired) electrons. The molecule has 0 aliphatic heterocycles. The number of anilines is 1. The van der Waals surface area contributed by atoms with E-state index in [0.29, 0.717) is 24.0 Å². The molecule has 7 heteroatoms. The summed E-state index contributed by atoms with van der Waals surface area (Å²) in [5.41, 5.74) is 0.862. The zero-order valence-electron chi connectivity index (χ0n) is 13.1. The second kappa shape index (κ2) is 7.65. The normalized spacial score (nSPS) is 11.2. The Morgan fingerprint density at radius 2 is 2.05 bits per heavy atom. The summed E-state index contributed by atoms with van der Waals surface area (Å²) in [7, 11) is 4.95. The Balaban J connectivity index is 2.01. The predicted octanol–water partition coefficient (Wildman–Crippen LogP) is 2.66. The number of aliphatic imine (C=N–C) groups is 1. The van der Waals surface area contributed by atoms with Crippen LogP contribution >= 0.6 is 11.3 Å². The SMILES string of the molecule is CN=C(NCc1ncc(C)s1)Nc1ccc(OC)c(OC)c1. The van der Waals surface area contributed by atoms with Gasteiger partial charge in [0.15, 0.2) is 17.5 Å². The lowest BCUT2D eigenvalue weighted by molar-refractivity contribution is 0.355. The van der Waals surface area contributed by atoms with Crippen LogP contribution in [0.4, 0.5) is 5.69 Å². The first-order valence-electron chi connectivity index (χ1n) is 6.77. The molecule has 0 atom stereocenters. The lowest BCUT2D eigenvalue weighted by atomic mass is 10.3. The van der Waals surface area contributed by atoms with Crippen LogP contribution in [0.2, 0.25) is 0 Å². The molecule has 0 aliphatic rings. The van der Waals surface area contributed by atoms with Gasteiger partial charge < -0.3 is 20.1 Å². The lowest BCUT2D eigenvalue weighted by Gasteiger charge is -2.13. The van der Waals surface area contributed by atoms with Gasteiger partial charge >= 0.3 is 0 Å². The second-order valence-electron chi connectivity index (χ2n) is 4.49. The maximum Gasteiger partial charge on any atom is 0.195 e. The van der Waals surface area contributed by atoms with Crippen LogP contribution in [-0.4, -0.2) is 32.2 Å². The number of methoxy groups -OCH3 is 2. The minimum absolute atomic E-state index is 0.630. The van der Waals surface area contributed by atoms with Crippen LogP contribution in [0.15, 0.2) is 29.4 Å². The summed E-state index contributed by atoms with van der Waals surface area (Å²) in [4.78, 5) is 9.71. The van der Waals surface area contributed by atoms with Crippen LogP contribution in [0.1, 0.15) is 9.88 Å². The van der Waals surface area contributed by atoms with Crippen LogP contribution < -0.4 is 20.1 Å². The van der Waals surface area contributed by atoms with Crippen molar-refractivity contribution >= 4 is 23.0 Å². The average Bonchev–Trinajstić information content (AvgIpc) is 2.96. The van der Waals surface area contributed by atoms with Crippen LogP contribution in [0.3, 0.4) is 0 Å². The van der Waals surface area contributed by atoms with Crippen molar-refractivity contribution in [3.05, 3.63) is 34.3 Å². The largest absolute Gasteiger partial charge is 0.493 e. The maximum absolute atomic E-state index is 5.29. The Labute approximate surface area is 134 Å². The fourth-order valence-electron chi connectivity index (χ4n) is 1.87. The number of rotatable bonds is 5. The number of hydrogen-bond donors (Lipinski definition) is 2. The summed E-state index contributed by atoms with van der Waals surface area (Å²) in [6, 6.07) is 5.61. The van der Waals surface area contributed by atoms with Crippen molar-refractivity contribution in [1.82, 2.24) is 10.3 Å². The highest BCUT2D eigenvalue weighted by molar-refractivity contribution is 7.11. The van der Waals surface area contributed by atoms with Gasteiger partial charge in [-0.2, -0.15) is 0 Å². The molecule has 0 bridgehead atoms. The molecule has 118 valence electrons. The standard InChI is InChI=1S/C15H20N4O2S/c1-10-8-17-14(22-10)9-18-15(16-2)19-11-5-6-12(20-3)13(7-11)21-4/h5-8H,9H2,1-4H3,(H2,16,18,19). The van der Waals surface area contributed by atoms with Gasteiger partial charge in [-0.25, -0.2) is 4.98 Å². The third kappa shape index (κ3) is 4.11. The molecule has 0 aliphatic carbocycles. The predicted molar refractivity (Wildman–Crippen MR) is 90.2 cm³/mol. The van der Waals surface area contributed by atoms with Gasteiger partial charge in [-0.1, -0.05) is 0 Å². The van der Waals surface area contributed by atoms with Gasteiger partial charge in [0.05, 0.1) is 20.8 Å². The number of nitrogens with zero attached hydrogens (tertiary/aromatic N) is 2. The zero-order valence-corrected chi connectivity index (χ0v) is 14.0. The minimum Gasteiger partial charge on any atom is -0.493 e. The van der Waals surface area contributed by atoms with Crippen molar-refractivity contribution in [3.63, 3.8) is 0 Å². The molecule has 0 saturated heterocycles. The zero-order chi connectivity index (χ0) is 15.9. The Kier molecular flexibility index (Phi) is 5.60. The fraction of sp³-hybridized carbons (Fsp3) is 0.333. The molecular formula is C15H20N4O2S. The Morgan fingerprint density at radius 1 is 1.27 bits per heavy atom. The molecule has 0 amide bonds. The van der Waals surface area contributed by atoms with Gasteiger partial charge in [-0.3, -0.25) is 4.99 Å². The highest BCUT2D eigenvalue weighted by Gasteiger charge is 2.07. The van der Waals surface area contributed by atoms with Gasteiger partial charge in [-0.05, 0) is 19.1 Å². The smallest absolute Gasteiger partial charge is 0.195 e. The van der Waals surface area contributed by atoms with E-state index in [-0.39, 0.29) is 0 Å². The number of nitrogens with one attached hydrogen (secondary N) is 2. The van der Waals surface area contributed by atoms with Gasteiger partial charge in [0.25, 0.3) is 0 Å². The number of hydrogen-bond acceptors (Lipinski definition) is 5. The molecule has 22 heavy (non-hydrogen) atoms. The van der Waals surface area contributed by atoms with E-state index in [1.807, 2.05) is 31.3 Å². The maximum atomic E-state index is 5.29. The molecule has 1 aromatic heterocycles. The Hall–Kier alpha value is -2.28. The summed E-state index contributed by atoms with van der Waals surface area (Å²) in [6.45, 7) is 2.67. The van der Waals surface area contributed by atoms with Crippen LogP contribution in [0, 0.1) is 6.92 Å². The van der Waals surface area contributed by atoms with Gasteiger partial charge in [0, 0.05) is 29.9 Å². The number of thiazole rings is 1. The molecule has 0 fully saturated rings. The van der Waals surface area contributed by atoms with Gasteiger partial charge in [0.2, 0.25) is 0 Å². The Morgan fingerprint density at radius 3 is 2.64 bits per heavy atom. The summed E-state index contributed by atoms with van der Waals surface area (Å²) in [6.07, 6.45) is 1.87. The lowest BCUT2D eigenvalue weighted by Crippen LogP contribution is -2.30. The van der Waals surface area contributed by atoms with E-state index in [4.69, 9.17) is 9.47 Å². The second-order valence-corrected chi connectivity index (χ2v) is 5.80. The number of guanidine groups is 1. The molecule has 0 saturated carbocycles. The summed E-state index contributed by atoms with van der Waals surface area (Å²) >= 11 is 1.66. The summed E-state index contributed by atoms with van der Waals surface area (Å²) in [5, 5.41) is 7.46. The van der Waals surface area contributed by atoms with E-state index in [0.717, 1.165) is 10.7 Å². The van der Waals surface area contributed by atoms with Gasteiger partial charge in [-0.15, -0.1) is 11.3 Å². The third-order valence-electron chi connectivity index (χ3n) is 2.95. The first-order chi connectivity index (χ1) is 10.7.